The van der Waals surface area contributed by atoms with Gasteiger partial charge in [-0.05, 0) is 18.9 Å². The van der Waals surface area contributed by atoms with Crippen LogP contribution in [0.4, 0.5) is 0 Å². The average molecular weight is 196 g/mol. The zero-order valence-electron chi connectivity index (χ0n) is 7.84. The van der Waals surface area contributed by atoms with Gasteiger partial charge in [0.25, 0.3) is 0 Å². The van der Waals surface area contributed by atoms with Crippen LogP contribution in [0.3, 0.4) is 0 Å². The van der Waals surface area contributed by atoms with Crippen molar-refractivity contribution in [3.05, 3.63) is 18.0 Å². The number of carbonyl (C=O) groups is 1. The van der Waals surface area contributed by atoms with Crippen molar-refractivity contribution in [1.82, 2.24) is 9.78 Å². The maximum Gasteiger partial charge on any atom is 0.306 e. The van der Waals surface area contributed by atoms with Crippen molar-refractivity contribution in [2.75, 3.05) is 0 Å². The highest BCUT2D eigenvalue weighted by molar-refractivity contribution is 5.71. The summed E-state index contributed by atoms with van der Waals surface area (Å²) < 4.78 is 1.60. The van der Waals surface area contributed by atoms with Gasteiger partial charge in [0.05, 0.1) is 11.6 Å². The molecule has 5 nitrogen and oxygen atoms in total. The summed E-state index contributed by atoms with van der Waals surface area (Å²) in [6, 6.07) is 1.72. The molecule has 0 aromatic carbocycles. The van der Waals surface area contributed by atoms with Crippen LogP contribution in [0.15, 0.2) is 12.3 Å². The van der Waals surface area contributed by atoms with Crippen LogP contribution >= 0.6 is 0 Å². The summed E-state index contributed by atoms with van der Waals surface area (Å²) in [6.45, 7) is 0. The number of carboxylic acid groups (broad SMARTS) is 1. The fourth-order valence-corrected chi connectivity index (χ4v) is 1.80. The number of rotatable bonds is 2. The molecule has 0 bridgehead atoms. The van der Waals surface area contributed by atoms with Crippen molar-refractivity contribution in [2.24, 2.45) is 13.0 Å². The van der Waals surface area contributed by atoms with E-state index in [4.69, 9.17) is 5.11 Å². The first-order valence-electron chi connectivity index (χ1n) is 4.46. The number of aryl methyl sites for hydroxylation is 1. The van der Waals surface area contributed by atoms with Crippen molar-refractivity contribution < 1.29 is 15.0 Å². The quantitative estimate of drug-likeness (QED) is 0.703. The molecule has 1 saturated carbocycles. The highest BCUT2D eigenvalue weighted by atomic mass is 16.4. The molecule has 1 fully saturated rings. The monoisotopic (exact) mass is 196 g/mol. The number of carboxylic acids is 1. The molecular weight excluding hydrogens is 184 g/mol. The third kappa shape index (κ3) is 1.29. The van der Waals surface area contributed by atoms with Gasteiger partial charge in [0.15, 0.2) is 0 Å². The first kappa shape index (κ1) is 9.21. The van der Waals surface area contributed by atoms with Crippen molar-refractivity contribution in [3.8, 4) is 0 Å². The lowest BCUT2D eigenvalue weighted by molar-refractivity contribution is -0.160. The van der Waals surface area contributed by atoms with Gasteiger partial charge in [-0.3, -0.25) is 9.48 Å². The van der Waals surface area contributed by atoms with E-state index < -0.39 is 17.5 Å². The molecule has 1 aliphatic rings. The van der Waals surface area contributed by atoms with Crippen molar-refractivity contribution in [1.29, 1.82) is 0 Å². The Morgan fingerprint density at radius 2 is 2.36 bits per heavy atom. The average Bonchev–Trinajstić information content (AvgIpc) is 2.45. The number of aliphatic hydroxyl groups is 1. The molecule has 0 spiro atoms. The van der Waals surface area contributed by atoms with E-state index in [0.717, 1.165) is 0 Å². The normalized spacial score (nSPS) is 31.1. The van der Waals surface area contributed by atoms with Crippen molar-refractivity contribution in [3.63, 3.8) is 0 Å². The molecule has 0 unspecified atom stereocenters. The molecule has 1 aromatic heterocycles. The van der Waals surface area contributed by atoms with Gasteiger partial charge in [-0.1, -0.05) is 0 Å². The molecule has 1 heterocycles. The first-order valence-corrected chi connectivity index (χ1v) is 4.46. The van der Waals surface area contributed by atoms with Crippen LogP contribution in [-0.2, 0) is 17.4 Å². The van der Waals surface area contributed by atoms with E-state index >= 15 is 0 Å². The predicted octanol–water partition coefficient (Wildman–Crippen LogP) is 0.102. The minimum absolute atomic E-state index is 0.263. The fraction of sp³-hybridized carbons (Fsp3) is 0.556. The van der Waals surface area contributed by atoms with Gasteiger partial charge in [-0.15, -0.1) is 0 Å². The number of hydrogen-bond acceptors (Lipinski definition) is 3. The molecule has 2 N–H and O–H groups in total. The lowest BCUT2D eigenvalue weighted by Crippen LogP contribution is -2.44. The third-order valence-electron chi connectivity index (χ3n) is 2.71. The van der Waals surface area contributed by atoms with Crippen molar-refractivity contribution >= 4 is 5.97 Å². The van der Waals surface area contributed by atoms with Crippen LogP contribution in [0.5, 0.6) is 0 Å². The van der Waals surface area contributed by atoms with Gasteiger partial charge in [-0.2, -0.15) is 5.10 Å². The van der Waals surface area contributed by atoms with E-state index in [2.05, 4.69) is 5.10 Å². The van der Waals surface area contributed by atoms with Gasteiger partial charge in [0, 0.05) is 13.2 Å². The van der Waals surface area contributed by atoms with Crippen LogP contribution in [0.1, 0.15) is 18.5 Å². The Balaban J connectivity index is 2.11. The molecule has 14 heavy (non-hydrogen) atoms. The molecule has 0 amide bonds. The van der Waals surface area contributed by atoms with Crippen LogP contribution in [0.2, 0.25) is 0 Å². The van der Waals surface area contributed by atoms with Crippen LogP contribution in [0.25, 0.3) is 0 Å². The fourth-order valence-electron chi connectivity index (χ4n) is 1.80. The van der Waals surface area contributed by atoms with Gasteiger partial charge in [-0.25, -0.2) is 0 Å². The van der Waals surface area contributed by atoms with E-state index in [1.807, 2.05) is 0 Å². The second-order valence-corrected chi connectivity index (χ2v) is 3.85. The summed E-state index contributed by atoms with van der Waals surface area (Å²) in [5.41, 5.74) is -0.456. The van der Waals surface area contributed by atoms with Crippen LogP contribution in [0, 0.1) is 5.92 Å². The van der Waals surface area contributed by atoms with E-state index in [-0.39, 0.29) is 12.8 Å². The van der Waals surface area contributed by atoms with Gasteiger partial charge < -0.3 is 10.2 Å². The minimum atomic E-state index is -1.02. The summed E-state index contributed by atoms with van der Waals surface area (Å²) in [7, 11) is 1.76. The standard InChI is InChI=1S/C9H12N2O3/c1-11-3-2-7(10-11)9(14)4-6(5-9)8(12)13/h2-3,6,14H,4-5H2,1H3,(H,12,13). The lowest BCUT2D eigenvalue weighted by Gasteiger charge is -2.40. The zero-order valence-corrected chi connectivity index (χ0v) is 7.84. The summed E-state index contributed by atoms with van der Waals surface area (Å²) in [5, 5.41) is 22.7. The molecule has 0 saturated heterocycles. The molecule has 0 radical (unpaired) electrons. The lowest BCUT2D eigenvalue weighted by atomic mass is 9.69. The molecule has 1 aliphatic carbocycles. The van der Waals surface area contributed by atoms with Gasteiger partial charge in [0.2, 0.25) is 0 Å². The number of nitrogens with zero attached hydrogens (tertiary/aromatic N) is 2. The SMILES string of the molecule is Cn1ccc(C2(O)CC(C(=O)O)C2)n1. The van der Waals surface area contributed by atoms with E-state index in [1.54, 1.807) is 24.0 Å². The Kier molecular flexibility index (Phi) is 1.85. The van der Waals surface area contributed by atoms with Gasteiger partial charge in [0.1, 0.15) is 5.60 Å². The molecule has 5 heteroatoms. The van der Waals surface area contributed by atoms with Crippen LogP contribution < -0.4 is 0 Å². The Morgan fingerprint density at radius 1 is 1.71 bits per heavy atom. The summed E-state index contributed by atoms with van der Waals surface area (Å²) in [4.78, 5) is 10.6. The molecule has 76 valence electrons. The summed E-state index contributed by atoms with van der Waals surface area (Å²) in [5.74, 6) is -1.27. The second kappa shape index (κ2) is 2.81. The minimum Gasteiger partial charge on any atom is -0.481 e. The van der Waals surface area contributed by atoms with Crippen LogP contribution in [-0.4, -0.2) is 26.0 Å². The van der Waals surface area contributed by atoms with Gasteiger partial charge >= 0.3 is 5.97 Å². The number of aliphatic carboxylic acids is 1. The number of aromatic nitrogens is 2. The number of hydrogen-bond donors (Lipinski definition) is 2. The maximum atomic E-state index is 10.6. The molecular formula is C9H12N2O3. The summed E-state index contributed by atoms with van der Waals surface area (Å²) >= 11 is 0. The Bertz CT molecular complexity index is 366. The van der Waals surface area contributed by atoms with E-state index in [0.29, 0.717) is 5.69 Å². The molecule has 1 aromatic rings. The zero-order chi connectivity index (χ0) is 10.3. The van der Waals surface area contributed by atoms with E-state index in [9.17, 15) is 9.90 Å². The second-order valence-electron chi connectivity index (χ2n) is 3.85. The molecule has 2 rings (SSSR count). The maximum absolute atomic E-state index is 10.6. The summed E-state index contributed by atoms with van der Waals surface area (Å²) in [6.07, 6.45) is 2.26. The van der Waals surface area contributed by atoms with Crippen molar-refractivity contribution in [2.45, 2.75) is 18.4 Å². The Morgan fingerprint density at radius 3 is 2.79 bits per heavy atom. The largest absolute Gasteiger partial charge is 0.481 e. The van der Waals surface area contributed by atoms with E-state index in [1.165, 1.54) is 0 Å². The first-order chi connectivity index (χ1) is 6.51. The molecule has 0 aliphatic heterocycles. The Labute approximate surface area is 81.0 Å². The topological polar surface area (TPSA) is 75.4 Å². The predicted molar refractivity (Wildman–Crippen MR) is 47.5 cm³/mol. The molecule has 0 atom stereocenters. The highest BCUT2D eigenvalue weighted by Gasteiger charge is 2.48. The highest BCUT2D eigenvalue weighted by Crippen LogP contribution is 2.44. The smallest absolute Gasteiger partial charge is 0.306 e. The third-order valence-corrected chi connectivity index (χ3v) is 2.71. The Hall–Kier alpha value is -1.36.